The number of halogens is 2. The maximum Gasteiger partial charge on any atom is 0.324 e. The van der Waals surface area contributed by atoms with Crippen molar-refractivity contribution in [2.24, 2.45) is 5.73 Å². The first-order valence-corrected chi connectivity index (χ1v) is 16.1. The zero-order valence-electron chi connectivity index (χ0n) is 20.3. The van der Waals surface area contributed by atoms with Gasteiger partial charge in [-0.05, 0) is 64.1 Å². The van der Waals surface area contributed by atoms with Crippen LogP contribution in [0.2, 0.25) is 19.6 Å². The highest BCUT2D eigenvalue weighted by Crippen LogP contribution is 2.20. The van der Waals surface area contributed by atoms with E-state index in [9.17, 15) is 9.59 Å². The van der Waals surface area contributed by atoms with Crippen LogP contribution in [0, 0.1) is 0 Å². The van der Waals surface area contributed by atoms with E-state index in [1.54, 1.807) is 6.92 Å². The minimum atomic E-state index is -1.14. The predicted molar refractivity (Wildman–Crippen MR) is 141 cm³/mol. The minimum Gasteiger partial charge on any atom is -0.480 e. The molecule has 0 saturated heterocycles. The molecule has 0 bridgehead atoms. The van der Waals surface area contributed by atoms with Crippen molar-refractivity contribution >= 4 is 42.2 Å². The van der Waals surface area contributed by atoms with Crippen LogP contribution in [0.4, 0.5) is 0 Å². The van der Waals surface area contributed by atoms with Crippen LogP contribution in [0.25, 0.3) is 0 Å². The van der Waals surface area contributed by atoms with E-state index >= 15 is 0 Å². The number of carboxylic acid groups (broad SMARTS) is 1. The van der Waals surface area contributed by atoms with Crippen LogP contribution in [0.15, 0.2) is 0 Å². The molecule has 2 atom stereocenters. The average Bonchev–Trinajstić information content (AvgIpc) is 2.68. The molecule has 202 valence electrons. The molecule has 11 heteroatoms. The monoisotopic (exact) mass is 536 g/mol. The summed E-state index contributed by atoms with van der Waals surface area (Å²) in [4.78, 5) is 23.2. The van der Waals surface area contributed by atoms with Crippen LogP contribution in [0.1, 0.15) is 85.5 Å². The topological polar surface area (TPSA) is 153 Å². The number of hydrogen-bond acceptors (Lipinski definition) is 6. The van der Waals surface area contributed by atoms with Crippen LogP contribution in [-0.2, 0) is 14.3 Å². The number of hydrogen-bond donors (Lipinski definition) is 4. The van der Waals surface area contributed by atoms with Gasteiger partial charge in [0.05, 0.1) is 6.10 Å². The Kier molecular flexibility index (Phi) is 28.1. The number of aliphatic hydroxyl groups is 1. The lowest BCUT2D eigenvalue weighted by Crippen LogP contribution is -2.33. The zero-order chi connectivity index (χ0) is 24.4. The van der Waals surface area contributed by atoms with Gasteiger partial charge in [-0.25, -0.2) is 4.84 Å². The molecule has 0 amide bonds. The number of nitrogens with two attached hydrogens (primary N) is 1. The van der Waals surface area contributed by atoms with Gasteiger partial charge in [-0.2, -0.15) is 11.1 Å². The number of aliphatic carboxylic acids is 1. The average molecular weight is 538 g/mol. The Bertz CT molecular complexity index is 464. The highest BCUT2D eigenvalue weighted by Gasteiger charge is 2.20. The molecular formula is C22H50Cl2N2O6Si. The molecule has 2 aliphatic rings. The van der Waals surface area contributed by atoms with Gasteiger partial charge < -0.3 is 26.2 Å². The van der Waals surface area contributed by atoms with E-state index < -0.39 is 25.4 Å². The summed E-state index contributed by atoms with van der Waals surface area (Å²) in [5.41, 5.74) is 4.84. The smallest absolute Gasteiger partial charge is 0.324 e. The predicted octanol–water partition coefficient (Wildman–Crippen LogP) is 4.60. The lowest BCUT2D eigenvalue weighted by atomic mass is 9.98. The van der Waals surface area contributed by atoms with Crippen LogP contribution >= 0.6 is 22.9 Å². The molecule has 2 aliphatic carbocycles. The SMILES string of the molecule is C.C[C@H](N)C(=O)O.C[C@H](NCl)C(=O)OC1CCCCC1.C[Si](C)(C)Cl.O.OC1CCCCC1. The first kappa shape index (κ1) is 39.8. The number of esters is 1. The van der Waals surface area contributed by atoms with Crippen LogP contribution in [0.5, 0.6) is 0 Å². The minimum absolute atomic E-state index is 0. The van der Waals surface area contributed by atoms with Gasteiger partial charge in [0.1, 0.15) is 25.6 Å². The van der Waals surface area contributed by atoms with Gasteiger partial charge in [-0.15, -0.1) is 0 Å². The van der Waals surface area contributed by atoms with Crippen molar-refractivity contribution < 1.29 is 30.0 Å². The third-order valence-corrected chi connectivity index (χ3v) is 4.64. The Morgan fingerprint density at radius 3 is 1.58 bits per heavy atom. The molecule has 0 aromatic heterocycles. The molecule has 0 aliphatic heterocycles. The quantitative estimate of drug-likeness (QED) is 0.177. The molecule has 0 radical (unpaired) electrons. The summed E-state index contributed by atoms with van der Waals surface area (Å²) in [5, 5.41) is 16.8. The molecule has 2 rings (SSSR count). The Labute approximate surface area is 212 Å². The highest BCUT2D eigenvalue weighted by atomic mass is 35.6. The van der Waals surface area contributed by atoms with Gasteiger partial charge in [0.15, 0.2) is 0 Å². The van der Waals surface area contributed by atoms with Gasteiger partial charge in [-0.3, -0.25) is 9.59 Å². The molecule has 33 heavy (non-hydrogen) atoms. The third-order valence-electron chi connectivity index (χ3n) is 4.32. The number of rotatable bonds is 4. The number of aliphatic hydroxyl groups excluding tert-OH is 1. The van der Waals surface area contributed by atoms with Crippen LogP contribution in [-0.4, -0.2) is 59.3 Å². The van der Waals surface area contributed by atoms with E-state index in [1.165, 1.54) is 45.4 Å². The second kappa shape index (κ2) is 23.3. The number of carbonyl (C=O) groups excluding carboxylic acids is 1. The molecule has 0 aromatic carbocycles. The van der Waals surface area contributed by atoms with E-state index in [-0.39, 0.29) is 31.1 Å². The summed E-state index contributed by atoms with van der Waals surface area (Å²) in [6.07, 6.45) is 11.6. The Morgan fingerprint density at radius 2 is 1.33 bits per heavy atom. The van der Waals surface area contributed by atoms with Crippen molar-refractivity contribution in [2.45, 2.75) is 129 Å². The van der Waals surface area contributed by atoms with Crippen molar-refractivity contribution in [1.29, 1.82) is 0 Å². The van der Waals surface area contributed by atoms with Crippen molar-refractivity contribution in [3.05, 3.63) is 0 Å². The van der Waals surface area contributed by atoms with Crippen molar-refractivity contribution in [3.8, 4) is 0 Å². The van der Waals surface area contributed by atoms with Crippen LogP contribution < -0.4 is 10.6 Å². The molecule has 0 spiro atoms. The number of ether oxygens (including phenoxy) is 1. The van der Waals surface area contributed by atoms with Gasteiger partial charge in [0, 0.05) is 0 Å². The molecule has 0 heterocycles. The normalized spacial score (nSPS) is 18.0. The van der Waals surface area contributed by atoms with Gasteiger partial charge in [-0.1, -0.05) is 52.8 Å². The van der Waals surface area contributed by atoms with Crippen molar-refractivity contribution in [2.75, 3.05) is 0 Å². The van der Waals surface area contributed by atoms with Gasteiger partial charge in [0.25, 0.3) is 0 Å². The molecule has 0 aromatic rings. The maximum absolute atomic E-state index is 11.3. The van der Waals surface area contributed by atoms with E-state index in [0.29, 0.717) is 0 Å². The molecule has 2 saturated carbocycles. The van der Waals surface area contributed by atoms with E-state index in [0.717, 1.165) is 25.7 Å². The second-order valence-electron chi connectivity index (χ2n) is 9.01. The van der Waals surface area contributed by atoms with E-state index in [2.05, 4.69) is 24.5 Å². The maximum atomic E-state index is 11.3. The zero-order valence-corrected chi connectivity index (χ0v) is 22.8. The van der Waals surface area contributed by atoms with E-state index in [4.69, 9.17) is 43.5 Å². The molecule has 2 fully saturated rings. The van der Waals surface area contributed by atoms with Crippen LogP contribution in [0.3, 0.4) is 0 Å². The summed E-state index contributed by atoms with van der Waals surface area (Å²) in [6.45, 7) is 9.39. The largest absolute Gasteiger partial charge is 0.480 e. The third kappa shape index (κ3) is 31.6. The summed E-state index contributed by atoms with van der Waals surface area (Å²) in [6, 6.07) is -1.14. The fourth-order valence-electron chi connectivity index (χ4n) is 2.57. The Morgan fingerprint density at radius 1 is 1.00 bits per heavy atom. The second-order valence-corrected chi connectivity index (χ2v) is 16.8. The van der Waals surface area contributed by atoms with E-state index in [1.807, 2.05) is 0 Å². The Hall–Kier alpha value is -0.423. The first-order chi connectivity index (χ1) is 14.3. The fourth-order valence-corrected chi connectivity index (χ4v) is 2.66. The highest BCUT2D eigenvalue weighted by molar-refractivity contribution is 7.18. The summed E-state index contributed by atoms with van der Waals surface area (Å²) in [5.74, 6) is -1.21. The lowest BCUT2D eigenvalue weighted by molar-refractivity contribution is -0.152. The summed E-state index contributed by atoms with van der Waals surface area (Å²) >= 11 is 11.0. The molecule has 8 nitrogen and oxygen atoms in total. The standard InChI is InChI=1S/C9H16ClNO2.C6H12O.C3H9ClSi.C3H7NO2.CH4.H2O/c1-7(11-10)9(12)13-8-5-3-2-4-6-8;7-6-4-2-1-3-5-6;1-5(2,3)4;1-2(4)3(5)6;;/h7-8,11H,2-6H2,1H3;6-7H,1-5H2;1-3H3;2H,4H2,1H3,(H,5,6);1H4;1H2/t7-;;;2-;;/m0..0../s1. The summed E-state index contributed by atoms with van der Waals surface area (Å²) < 4.78 is 5.26. The number of nitrogens with one attached hydrogen (secondary N) is 1. The lowest BCUT2D eigenvalue weighted by Gasteiger charge is -2.22. The van der Waals surface area contributed by atoms with Gasteiger partial charge in [0.2, 0.25) is 0 Å². The molecule has 0 unspecified atom stereocenters. The Balaban J connectivity index is -0.000000181. The van der Waals surface area contributed by atoms with Gasteiger partial charge >= 0.3 is 11.9 Å². The molecule has 7 N–H and O–H groups in total. The fraction of sp³-hybridized carbons (Fsp3) is 0.909. The number of carboxylic acids is 1. The molecular weight excluding hydrogens is 487 g/mol. The summed E-state index contributed by atoms with van der Waals surface area (Å²) in [7, 11) is -1.14. The van der Waals surface area contributed by atoms with Crippen molar-refractivity contribution in [1.82, 2.24) is 4.84 Å². The first-order valence-electron chi connectivity index (χ1n) is 11.2. The number of carbonyl (C=O) groups is 2. The van der Waals surface area contributed by atoms with Crippen molar-refractivity contribution in [3.63, 3.8) is 0 Å².